The number of aromatic nitrogens is 2. The second kappa shape index (κ2) is 11.6. The maximum Gasteiger partial charge on any atom is 0.191 e. The third-order valence-corrected chi connectivity index (χ3v) is 4.79. The predicted octanol–water partition coefficient (Wildman–Crippen LogP) is 3.23. The molecule has 1 heterocycles. The van der Waals surface area contributed by atoms with Gasteiger partial charge in [-0.15, -0.1) is 11.8 Å². The lowest BCUT2D eigenvalue weighted by molar-refractivity contribution is 0.626. The fraction of sp³-hybridized carbons (Fsp3) is 0.474. The fourth-order valence-corrected chi connectivity index (χ4v) is 3.26. The zero-order chi connectivity index (χ0) is 18.6. The van der Waals surface area contributed by atoms with Crippen LogP contribution in [0.2, 0.25) is 0 Å². The number of thioether (sulfide) groups is 1. The first-order chi connectivity index (χ1) is 12.7. The molecule has 0 aliphatic heterocycles. The third kappa shape index (κ3) is 7.91. The van der Waals surface area contributed by atoms with Crippen LogP contribution in [0.1, 0.15) is 25.3 Å². The molecule has 5 nitrogen and oxygen atoms in total. The average molecular weight is 378 g/mol. The van der Waals surface area contributed by atoms with Crippen molar-refractivity contribution in [1.29, 1.82) is 0 Å². The van der Waals surface area contributed by atoms with Crippen molar-refractivity contribution < 1.29 is 4.39 Å². The summed E-state index contributed by atoms with van der Waals surface area (Å²) in [4.78, 5) is 5.71. The van der Waals surface area contributed by atoms with E-state index >= 15 is 0 Å². The highest BCUT2D eigenvalue weighted by atomic mass is 32.2. The third-order valence-electron chi connectivity index (χ3n) is 3.69. The van der Waals surface area contributed by atoms with E-state index in [1.54, 1.807) is 11.8 Å². The molecule has 0 radical (unpaired) electrons. The molecule has 0 spiro atoms. The Balaban J connectivity index is 1.62. The number of rotatable bonds is 10. The Morgan fingerprint density at radius 2 is 2.04 bits per heavy atom. The molecule has 0 saturated carbocycles. The summed E-state index contributed by atoms with van der Waals surface area (Å²) in [5, 5.41) is 10.8. The van der Waals surface area contributed by atoms with Crippen LogP contribution < -0.4 is 10.6 Å². The molecule has 7 heteroatoms. The van der Waals surface area contributed by atoms with E-state index in [9.17, 15) is 4.39 Å². The molecule has 0 amide bonds. The van der Waals surface area contributed by atoms with Gasteiger partial charge in [-0.3, -0.25) is 9.67 Å². The van der Waals surface area contributed by atoms with Gasteiger partial charge in [0, 0.05) is 37.8 Å². The second-order valence-electron chi connectivity index (χ2n) is 5.97. The summed E-state index contributed by atoms with van der Waals surface area (Å²) >= 11 is 1.73. The van der Waals surface area contributed by atoms with E-state index in [1.165, 1.54) is 17.7 Å². The van der Waals surface area contributed by atoms with E-state index < -0.39 is 0 Å². The van der Waals surface area contributed by atoms with Gasteiger partial charge in [0.1, 0.15) is 5.82 Å². The Bertz CT molecular complexity index is 669. The molecular weight excluding hydrogens is 349 g/mol. The number of nitrogens with one attached hydrogen (secondary N) is 2. The molecule has 2 aromatic rings. The SMILES string of the molecule is CCNC(=NCCCSc1ccc(F)cc1)NCCCc1cnn(C)c1. The molecule has 2 N–H and O–H groups in total. The topological polar surface area (TPSA) is 54.2 Å². The molecule has 1 aromatic carbocycles. The number of guanidine groups is 1. The van der Waals surface area contributed by atoms with Gasteiger partial charge < -0.3 is 10.6 Å². The molecule has 0 bridgehead atoms. The Hall–Kier alpha value is -2.02. The van der Waals surface area contributed by atoms with Gasteiger partial charge in [-0.2, -0.15) is 5.10 Å². The van der Waals surface area contributed by atoms with Crippen molar-refractivity contribution >= 4 is 17.7 Å². The number of hydrogen-bond donors (Lipinski definition) is 2. The normalized spacial score (nSPS) is 11.6. The maximum absolute atomic E-state index is 12.9. The molecule has 1 aromatic heterocycles. The van der Waals surface area contributed by atoms with E-state index in [1.807, 2.05) is 30.1 Å². The Morgan fingerprint density at radius 1 is 1.23 bits per heavy atom. The molecule has 0 aliphatic carbocycles. The van der Waals surface area contributed by atoms with Crippen LogP contribution in [0.15, 0.2) is 46.5 Å². The molecule has 0 atom stereocenters. The van der Waals surface area contributed by atoms with Crippen molar-refractivity contribution in [1.82, 2.24) is 20.4 Å². The Labute approximate surface area is 159 Å². The first-order valence-corrected chi connectivity index (χ1v) is 10.0. The lowest BCUT2D eigenvalue weighted by atomic mass is 10.2. The predicted molar refractivity (Wildman–Crippen MR) is 107 cm³/mol. The zero-order valence-corrected chi connectivity index (χ0v) is 16.4. The van der Waals surface area contributed by atoms with Crippen molar-refractivity contribution in [3.63, 3.8) is 0 Å². The van der Waals surface area contributed by atoms with Crippen molar-refractivity contribution in [3.05, 3.63) is 48.0 Å². The Morgan fingerprint density at radius 3 is 2.73 bits per heavy atom. The first-order valence-electron chi connectivity index (χ1n) is 9.05. The summed E-state index contributed by atoms with van der Waals surface area (Å²) in [7, 11) is 1.94. The first kappa shape index (κ1) is 20.3. The molecule has 2 rings (SSSR count). The van der Waals surface area contributed by atoms with Gasteiger partial charge in [0.25, 0.3) is 0 Å². The lowest BCUT2D eigenvalue weighted by Gasteiger charge is -2.11. The van der Waals surface area contributed by atoms with Gasteiger partial charge in [0.15, 0.2) is 5.96 Å². The largest absolute Gasteiger partial charge is 0.357 e. The van der Waals surface area contributed by atoms with Crippen LogP contribution >= 0.6 is 11.8 Å². The Kier molecular flexibility index (Phi) is 9.03. The lowest BCUT2D eigenvalue weighted by Crippen LogP contribution is -2.38. The smallest absolute Gasteiger partial charge is 0.191 e. The minimum atomic E-state index is -0.191. The molecule has 142 valence electrons. The monoisotopic (exact) mass is 377 g/mol. The van der Waals surface area contributed by atoms with E-state index in [0.717, 1.165) is 55.5 Å². The summed E-state index contributed by atoms with van der Waals surface area (Å²) in [6, 6.07) is 6.63. The standard InChI is InChI=1S/C19H28FN5S/c1-3-21-19(22-11-4-6-16-14-24-25(2)15-16)23-12-5-13-26-18-9-7-17(20)8-10-18/h7-10,14-15H,3-6,11-13H2,1-2H3,(H2,21,22,23). The number of hydrogen-bond acceptors (Lipinski definition) is 3. The summed E-state index contributed by atoms with van der Waals surface area (Å²) in [6.07, 6.45) is 7.00. The number of halogens is 1. The van der Waals surface area contributed by atoms with Crippen LogP contribution in [0.25, 0.3) is 0 Å². The van der Waals surface area contributed by atoms with Gasteiger partial charge in [0.2, 0.25) is 0 Å². The summed E-state index contributed by atoms with van der Waals surface area (Å²) in [5.74, 6) is 1.64. The van der Waals surface area contributed by atoms with Crippen LogP contribution in [0, 0.1) is 5.82 Å². The van der Waals surface area contributed by atoms with E-state index in [4.69, 9.17) is 0 Å². The van der Waals surface area contributed by atoms with Gasteiger partial charge in [-0.25, -0.2) is 4.39 Å². The average Bonchev–Trinajstić information content (AvgIpc) is 3.05. The molecule has 26 heavy (non-hydrogen) atoms. The van der Waals surface area contributed by atoms with Gasteiger partial charge in [-0.1, -0.05) is 0 Å². The van der Waals surface area contributed by atoms with Gasteiger partial charge in [-0.05, 0) is 61.8 Å². The highest BCUT2D eigenvalue weighted by Crippen LogP contribution is 2.18. The number of nitrogens with zero attached hydrogens (tertiary/aromatic N) is 3. The van der Waals surface area contributed by atoms with Crippen molar-refractivity contribution in [2.75, 3.05) is 25.4 Å². The summed E-state index contributed by atoms with van der Waals surface area (Å²) in [6.45, 7) is 4.56. The van der Waals surface area contributed by atoms with Crippen LogP contribution in [0.3, 0.4) is 0 Å². The van der Waals surface area contributed by atoms with Crippen LogP contribution in [-0.2, 0) is 13.5 Å². The van der Waals surface area contributed by atoms with Crippen molar-refractivity contribution in [2.24, 2.45) is 12.0 Å². The van der Waals surface area contributed by atoms with Crippen LogP contribution in [-0.4, -0.2) is 41.1 Å². The minimum absolute atomic E-state index is 0.191. The highest BCUT2D eigenvalue weighted by molar-refractivity contribution is 7.99. The maximum atomic E-state index is 12.9. The van der Waals surface area contributed by atoms with Crippen LogP contribution in [0.4, 0.5) is 4.39 Å². The molecule has 0 saturated heterocycles. The second-order valence-corrected chi connectivity index (χ2v) is 7.14. The molecule has 0 unspecified atom stereocenters. The number of aliphatic imine (C=N–C) groups is 1. The van der Waals surface area contributed by atoms with Gasteiger partial charge >= 0.3 is 0 Å². The van der Waals surface area contributed by atoms with Crippen molar-refractivity contribution in [2.45, 2.75) is 31.1 Å². The molecule has 0 aliphatic rings. The summed E-state index contributed by atoms with van der Waals surface area (Å²) in [5.41, 5.74) is 1.26. The summed E-state index contributed by atoms with van der Waals surface area (Å²) < 4.78 is 14.7. The van der Waals surface area contributed by atoms with Crippen molar-refractivity contribution in [3.8, 4) is 0 Å². The minimum Gasteiger partial charge on any atom is -0.357 e. The quantitative estimate of drug-likeness (QED) is 0.289. The zero-order valence-electron chi connectivity index (χ0n) is 15.5. The van der Waals surface area contributed by atoms with Gasteiger partial charge in [0.05, 0.1) is 6.20 Å². The van der Waals surface area contributed by atoms with Crippen LogP contribution in [0.5, 0.6) is 0 Å². The highest BCUT2D eigenvalue weighted by Gasteiger charge is 2.00. The van der Waals surface area contributed by atoms with E-state index in [2.05, 4.69) is 33.8 Å². The molecular formula is C19H28FN5S. The number of benzene rings is 1. The molecule has 0 fully saturated rings. The fourth-order valence-electron chi connectivity index (χ4n) is 2.42. The van der Waals surface area contributed by atoms with E-state index in [0.29, 0.717) is 0 Å². The number of aryl methyl sites for hydroxylation is 2. The van der Waals surface area contributed by atoms with E-state index in [-0.39, 0.29) is 5.82 Å².